The zero-order valence-electron chi connectivity index (χ0n) is 11.8. The van der Waals surface area contributed by atoms with Gasteiger partial charge >= 0.3 is 0 Å². The van der Waals surface area contributed by atoms with Gasteiger partial charge in [-0.1, -0.05) is 24.4 Å². The monoisotopic (exact) mass is 426 g/mol. The molecule has 0 aliphatic rings. The molecular weight excluding hydrogens is 407 g/mol. The van der Waals surface area contributed by atoms with E-state index in [2.05, 4.69) is 53.0 Å². The maximum Gasteiger partial charge on any atom is 0.133 e. The molecule has 0 fully saturated rings. The molecular formula is C10H22N2S4Zn2. The number of thiocarbonyl (C=S) groups is 2. The van der Waals surface area contributed by atoms with Gasteiger partial charge in [0.15, 0.2) is 0 Å². The second kappa shape index (κ2) is 18.7. The van der Waals surface area contributed by atoms with Crippen molar-refractivity contribution in [2.45, 2.75) is 27.7 Å². The molecule has 0 aromatic heterocycles. The zero-order chi connectivity index (χ0) is 13.1. The Balaban J connectivity index is -0.0000000980. The van der Waals surface area contributed by atoms with Crippen LogP contribution in [0, 0.1) is 0 Å². The van der Waals surface area contributed by atoms with Gasteiger partial charge in [0.25, 0.3) is 0 Å². The molecule has 0 aliphatic carbocycles. The summed E-state index contributed by atoms with van der Waals surface area (Å²) < 4.78 is 1.38. The van der Waals surface area contributed by atoms with Crippen molar-refractivity contribution in [1.82, 2.24) is 9.80 Å². The van der Waals surface area contributed by atoms with E-state index in [1.54, 1.807) is 0 Å². The molecule has 18 heavy (non-hydrogen) atoms. The average Bonchev–Trinajstić information content (AvgIpc) is 2.21. The van der Waals surface area contributed by atoms with E-state index in [9.17, 15) is 0 Å². The van der Waals surface area contributed by atoms with Crippen molar-refractivity contribution in [3.8, 4) is 0 Å². The zero-order valence-corrected chi connectivity index (χ0v) is 21.2. The second-order valence-electron chi connectivity index (χ2n) is 2.91. The Morgan fingerprint density at radius 1 is 0.722 bits per heavy atom. The van der Waals surface area contributed by atoms with Gasteiger partial charge < -0.3 is 9.80 Å². The van der Waals surface area contributed by atoms with E-state index in [1.807, 2.05) is 9.80 Å². The van der Waals surface area contributed by atoms with E-state index in [0.717, 1.165) is 26.2 Å². The third kappa shape index (κ3) is 15.8. The average molecular weight is 429 g/mol. The van der Waals surface area contributed by atoms with Crippen LogP contribution in [0.25, 0.3) is 0 Å². The summed E-state index contributed by atoms with van der Waals surface area (Å²) in [4.78, 5) is 4.02. The van der Waals surface area contributed by atoms with E-state index < -0.39 is 0 Å². The van der Waals surface area contributed by atoms with Crippen molar-refractivity contribution in [1.29, 1.82) is 0 Å². The molecule has 0 aromatic rings. The molecule has 0 saturated carbocycles. The first-order chi connectivity index (χ1) is 7.44. The number of hydrogen-bond acceptors (Lipinski definition) is 2. The summed E-state index contributed by atoms with van der Waals surface area (Å²) in [6, 6.07) is 0. The van der Waals surface area contributed by atoms with Crippen LogP contribution in [0.15, 0.2) is 0 Å². The largest absolute Gasteiger partial charge is 0.358 e. The van der Waals surface area contributed by atoms with Gasteiger partial charge in [0.1, 0.15) is 8.64 Å². The molecule has 0 heterocycles. The van der Waals surface area contributed by atoms with Crippen molar-refractivity contribution in [3.05, 3.63) is 0 Å². The summed E-state index contributed by atoms with van der Waals surface area (Å²) in [5.41, 5.74) is 0. The fourth-order valence-electron chi connectivity index (χ4n) is 0.988. The maximum absolute atomic E-state index is 4.81. The van der Waals surface area contributed by atoms with Gasteiger partial charge in [0.05, 0.1) is 0 Å². The summed E-state index contributed by atoms with van der Waals surface area (Å²) in [5.74, 6) is 0. The first-order valence-electron chi connectivity index (χ1n) is 5.40. The van der Waals surface area contributed by atoms with Gasteiger partial charge in [-0.15, -0.1) is 25.3 Å². The summed E-state index contributed by atoms with van der Waals surface area (Å²) in [5, 5.41) is 0. The standard InChI is InChI=1S/2C5H11NS2.2Zn/c2*1-3-6(4-2)5(7)8;;/h2*3-4H2,1-2H3,(H,7,8);;. The minimum atomic E-state index is 0. The maximum atomic E-state index is 4.81. The summed E-state index contributed by atoms with van der Waals surface area (Å²) in [6.45, 7) is 12.1. The van der Waals surface area contributed by atoms with Crippen LogP contribution < -0.4 is 0 Å². The number of rotatable bonds is 4. The van der Waals surface area contributed by atoms with Crippen LogP contribution in [0.5, 0.6) is 0 Å². The minimum Gasteiger partial charge on any atom is -0.358 e. The first-order valence-corrected chi connectivity index (χ1v) is 7.11. The Bertz CT molecular complexity index is 188. The molecule has 0 N–H and O–H groups in total. The van der Waals surface area contributed by atoms with Crippen LogP contribution in [-0.2, 0) is 39.0 Å². The van der Waals surface area contributed by atoms with Crippen molar-refractivity contribution in [2.75, 3.05) is 26.2 Å². The number of thiol groups is 2. The molecule has 2 nitrogen and oxygen atoms in total. The molecule has 0 atom stereocenters. The predicted octanol–water partition coefficient (Wildman–Crippen LogP) is 3.08. The van der Waals surface area contributed by atoms with Gasteiger partial charge in [-0.05, 0) is 27.7 Å². The molecule has 0 radical (unpaired) electrons. The van der Waals surface area contributed by atoms with Crippen LogP contribution in [0.1, 0.15) is 27.7 Å². The third-order valence-corrected chi connectivity index (χ3v) is 3.15. The van der Waals surface area contributed by atoms with Crippen molar-refractivity contribution < 1.29 is 39.0 Å². The molecule has 0 amide bonds. The van der Waals surface area contributed by atoms with Crippen LogP contribution in [0.3, 0.4) is 0 Å². The molecule has 100 valence electrons. The third-order valence-electron chi connectivity index (χ3n) is 2.07. The minimum absolute atomic E-state index is 0. The van der Waals surface area contributed by atoms with Crippen LogP contribution >= 0.6 is 49.7 Å². The van der Waals surface area contributed by atoms with E-state index in [-0.39, 0.29) is 39.0 Å². The molecule has 0 saturated heterocycles. The topological polar surface area (TPSA) is 6.48 Å². The SMILES string of the molecule is CCN(CC)C(=S)S.CCN(CC)C(=S)S.[Zn].[Zn]. The van der Waals surface area contributed by atoms with Crippen molar-refractivity contribution in [2.24, 2.45) is 0 Å². The molecule has 0 unspecified atom stereocenters. The normalized spacial score (nSPS) is 7.89. The number of hydrogen-bond donors (Lipinski definition) is 2. The molecule has 0 aliphatic heterocycles. The van der Waals surface area contributed by atoms with Gasteiger partial charge in [-0.2, -0.15) is 0 Å². The van der Waals surface area contributed by atoms with Crippen molar-refractivity contribution in [3.63, 3.8) is 0 Å². The van der Waals surface area contributed by atoms with Crippen LogP contribution in [0.4, 0.5) is 0 Å². The predicted molar refractivity (Wildman–Crippen MR) is 89.0 cm³/mol. The Labute approximate surface area is 159 Å². The summed E-state index contributed by atoms with van der Waals surface area (Å²) >= 11 is 17.6. The van der Waals surface area contributed by atoms with Gasteiger partial charge in [-0.3, -0.25) is 0 Å². The van der Waals surface area contributed by atoms with Crippen LogP contribution in [0.2, 0.25) is 0 Å². The van der Waals surface area contributed by atoms with E-state index in [0.29, 0.717) is 8.64 Å². The summed E-state index contributed by atoms with van der Waals surface area (Å²) in [7, 11) is 0. The summed E-state index contributed by atoms with van der Waals surface area (Å²) in [6.07, 6.45) is 0. The molecule has 0 aromatic carbocycles. The second-order valence-corrected chi connectivity index (χ2v) is 5.14. The Morgan fingerprint density at radius 2 is 0.889 bits per heavy atom. The Morgan fingerprint density at radius 3 is 0.889 bits per heavy atom. The van der Waals surface area contributed by atoms with Gasteiger partial charge in [0.2, 0.25) is 0 Å². The molecule has 0 rings (SSSR count). The Hall–Kier alpha value is 1.73. The quantitative estimate of drug-likeness (QED) is 0.403. The van der Waals surface area contributed by atoms with Gasteiger partial charge in [-0.25, -0.2) is 0 Å². The van der Waals surface area contributed by atoms with E-state index in [1.165, 1.54) is 0 Å². The van der Waals surface area contributed by atoms with Gasteiger partial charge in [0, 0.05) is 65.1 Å². The number of nitrogens with zero attached hydrogens (tertiary/aromatic N) is 2. The fraction of sp³-hybridized carbons (Fsp3) is 0.800. The van der Waals surface area contributed by atoms with E-state index >= 15 is 0 Å². The van der Waals surface area contributed by atoms with Crippen molar-refractivity contribution >= 4 is 58.3 Å². The smallest absolute Gasteiger partial charge is 0.133 e. The fourth-order valence-corrected chi connectivity index (χ4v) is 2.07. The molecule has 0 bridgehead atoms. The van der Waals surface area contributed by atoms with E-state index in [4.69, 9.17) is 24.4 Å². The van der Waals surface area contributed by atoms with Crippen LogP contribution in [-0.4, -0.2) is 44.6 Å². The molecule has 0 spiro atoms. The molecule has 8 heteroatoms. The Kier molecular flexibility index (Phi) is 29.1. The first kappa shape index (κ1) is 28.0.